The van der Waals surface area contributed by atoms with E-state index in [1.807, 2.05) is 25.1 Å². The number of rotatable bonds is 3. The largest absolute Gasteiger partial charge is 0.294 e. The van der Waals surface area contributed by atoms with Crippen LogP contribution in [0.1, 0.15) is 42.3 Å². The van der Waals surface area contributed by atoms with E-state index in [-0.39, 0.29) is 17.3 Å². The number of alkyl halides is 1. The lowest BCUT2D eigenvalue weighted by Gasteiger charge is -2.30. The van der Waals surface area contributed by atoms with Gasteiger partial charge in [0.05, 0.1) is 16.3 Å². The Morgan fingerprint density at radius 2 is 1.79 bits per heavy atom. The maximum atomic E-state index is 13.1. The first-order chi connectivity index (χ1) is 11.2. The number of nitrogens with zero attached hydrogens (tertiary/aromatic N) is 1. The number of carbonyl (C=O) groups excluding carboxylic acids is 1. The minimum Gasteiger partial charge on any atom is -0.294 e. The first-order valence-electron chi connectivity index (χ1n) is 7.59. The number of hydrogen-bond donors (Lipinski definition) is 0. The van der Waals surface area contributed by atoms with Crippen LogP contribution in [0.15, 0.2) is 36.4 Å². The summed E-state index contributed by atoms with van der Waals surface area (Å²) in [6.07, 6.45) is 0. The van der Waals surface area contributed by atoms with Gasteiger partial charge in [0.25, 0.3) is 5.91 Å². The molecule has 0 spiro atoms. The number of amides is 1. The number of aryl methyl sites for hydroxylation is 1. The number of hydrogen-bond acceptors (Lipinski definition) is 1. The molecule has 24 heavy (non-hydrogen) atoms. The molecular weight excluding hydrogens is 365 g/mol. The van der Waals surface area contributed by atoms with Crippen LogP contribution in [-0.2, 0) is 5.41 Å². The lowest BCUT2D eigenvalue weighted by Crippen LogP contribution is -2.33. The van der Waals surface area contributed by atoms with Crippen molar-refractivity contribution in [1.29, 1.82) is 0 Å². The molecule has 0 bridgehead atoms. The van der Waals surface area contributed by atoms with Crippen molar-refractivity contribution in [3.63, 3.8) is 0 Å². The lowest BCUT2D eigenvalue weighted by atomic mass is 9.84. The number of benzene rings is 2. The van der Waals surface area contributed by atoms with Crippen molar-refractivity contribution in [2.45, 2.75) is 33.1 Å². The fourth-order valence-corrected chi connectivity index (χ4v) is 3.36. The Morgan fingerprint density at radius 1 is 1.12 bits per heavy atom. The van der Waals surface area contributed by atoms with E-state index in [0.29, 0.717) is 15.6 Å². The maximum Gasteiger partial charge on any atom is 0.260 e. The molecule has 0 atom stereocenters. The summed E-state index contributed by atoms with van der Waals surface area (Å²) in [5.74, 6) is -0.244. The van der Waals surface area contributed by atoms with Gasteiger partial charge in [0, 0.05) is 5.02 Å². The molecule has 0 aromatic heterocycles. The van der Waals surface area contributed by atoms with E-state index in [4.69, 9.17) is 34.8 Å². The molecular formula is C19H20Cl3NO. The fraction of sp³-hybridized carbons (Fsp3) is 0.316. The second kappa shape index (κ2) is 7.35. The summed E-state index contributed by atoms with van der Waals surface area (Å²) < 4.78 is 0. The number of carbonyl (C=O) groups is 1. The summed E-state index contributed by atoms with van der Waals surface area (Å²) in [5.41, 5.74) is 3.12. The Bertz CT molecular complexity index is 766. The zero-order chi connectivity index (χ0) is 18.1. The molecule has 128 valence electrons. The molecule has 0 aliphatic rings. The quantitative estimate of drug-likeness (QED) is 0.440. The highest BCUT2D eigenvalue weighted by Crippen LogP contribution is 2.36. The Hall–Kier alpha value is -1.22. The van der Waals surface area contributed by atoms with Crippen molar-refractivity contribution in [1.82, 2.24) is 0 Å². The lowest BCUT2D eigenvalue weighted by molar-refractivity contribution is 0.0991. The Morgan fingerprint density at radius 3 is 2.33 bits per heavy atom. The van der Waals surface area contributed by atoms with Crippen LogP contribution >= 0.6 is 34.8 Å². The Kier molecular flexibility index (Phi) is 5.85. The van der Waals surface area contributed by atoms with Crippen molar-refractivity contribution in [3.05, 3.63) is 63.1 Å². The van der Waals surface area contributed by atoms with Gasteiger partial charge < -0.3 is 0 Å². The third-order valence-corrected chi connectivity index (χ3v) is 4.63. The molecule has 2 nitrogen and oxygen atoms in total. The van der Waals surface area contributed by atoms with Crippen LogP contribution in [0.25, 0.3) is 0 Å². The van der Waals surface area contributed by atoms with Crippen LogP contribution in [0, 0.1) is 6.92 Å². The highest BCUT2D eigenvalue weighted by molar-refractivity contribution is 6.37. The van der Waals surface area contributed by atoms with Crippen LogP contribution < -0.4 is 4.90 Å². The molecule has 0 fully saturated rings. The molecule has 0 aliphatic heterocycles. The van der Waals surface area contributed by atoms with E-state index in [9.17, 15) is 4.79 Å². The summed E-state index contributed by atoms with van der Waals surface area (Å²) >= 11 is 18.3. The minimum absolute atomic E-state index is 0.0335. The third-order valence-electron chi connectivity index (χ3n) is 3.84. The van der Waals surface area contributed by atoms with E-state index in [2.05, 4.69) is 20.8 Å². The molecule has 0 heterocycles. The van der Waals surface area contributed by atoms with Gasteiger partial charge in [-0.15, -0.1) is 11.6 Å². The molecule has 0 saturated heterocycles. The normalized spacial score (nSPS) is 11.5. The predicted octanol–water partition coefficient (Wildman–Crippen LogP) is 6.44. The summed E-state index contributed by atoms with van der Waals surface area (Å²) in [7, 11) is 0. The maximum absolute atomic E-state index is 13.1. The highest BCUT2D eigenvalue weighted by Gasteiger charge is 2.27. The van der Waals surface area contributed by atoms with Gasteiger partial charge in [-0.05, 0) is 41.7 Å². The molecule has 2 aromatic rings. The first-order valence-corrected chi connectivity index (χ1v) is 8.89. The standard InChI is InChI=1S/C19H20Cl3NO/c1-12-6-5-7-15(19(2,3)4)17(12)23(11-20)18(24)14-9-8-13(21)10-16(14)22/h5-10H,11H2,1-4H3. The second-order valence-corrected chi connectivity index (χ2v) is 7.78. The summed E-state index contributed by atoms with van der Waals surface area (Å²) in [4.78, 5) is 14.6. The zero-order valence-corrected chi connectivity index (χ0v) is 16.4. The van der Waals surface area contributed by atoms with Gasteiger partial charge in [0.15, 0.2) is 0 Å². The predicted molar refractivity (Wildman–Crippen MR) is 104 cm³/mol. The molecule has 5 heteroatoms. The van der Waals surface area contributed by atoms with E-state index in [1.165, 1.54) is 0 Å². The summed E-state index contributed by atoms with van der Waals surface area (Å²) in [6.45, 7) is 8.30. The fourth-order valence-electron chi connectivity index (χ4n) is 2.65. The second-order valence-electron chi connectivity index (χ2n) is 6.70. The van der Waals surface area contributed by atoms with Crippen LogP contribution in [0.3, 0.4) is 0 Å². The minimum atomic E-state index is -0.244. The van der Waals surface area contributed by atoms with Gasteiger partial charge in [-0.25, -0.2) is 0 Å². The molecule has 0 unspecified atom stereocenters. The van der Waals surface area contributed by atoms with Crippen molar-refractivity contribution < 1.29 is 4.79 Å². The number of anilines is 1. The molecule has 2 rings (SSSR count). The van der Waals surface area contributed by atoms with Crippen LogP contribution in [-0.4, -0.2) is 11.9 Å². The molecule has 0 radical (unpaired) electrons. The summed E-state index contributed by atoms with van der Waals surface area (Å²) in [6, 6.07) is 10.9. The van der Waals surface area contributed by atoms with Crippen molar-refractivity contribution in [2.24, 2.45) is 0 Å². The Balaban J connectivity index is 2.59. The van der Waals surface area contributed by atoms with E-state index < -0.39 is 0 Å². The molecule has 0 N–H and O–H groups in total. The number of halogens is 3. The molecule has 0 saturated carbocycles. The smallest absolute Gasteiger partial charge is 0.260 e. The highest BCUT2D eigenvalue weighted by atomic mass is 35.5. The van der Waals surface area contributed by atoms with Crippen molar-refractivity contribution in [3.8, 4) is 0 Å². The Labute approximate surface area is 158 Å². The van der Waals surface area contributed by atoms with Crippen LogP contribution in [0.5, 0.6) is 0 Å². The molecule has 0 aliphatic carbocycles. The average Bonchev–Trinajstić information content (AvgIpc) is 2.48. The van der Waals surface area contributed by atoms with Gasteiger partial charge in [-0.3, -0.25) is 9.69 Å². The van der Waals surface area contributed by atoms with E-state index in [0.717, 1.165) is 16.8 Å². The van der Waals surface area contributed by atoms with Gasteiger partial charge in [0.2, 0.25) is 0 Å². The van der Waals surface area contributed by atoms with Gasteiger partial charge >= 0.3 is 0 Å². The summed E-state index contributed by atoms with van der Waals surface area (Å²) in [5, 5.41) is 0.800. The van der Waals surface area contributed by atoms with Crippen molar-refractivity contribution in [2.75, 3.05) is 10.9 Å². The van der Waals surface area contributed by atoms with Gasteiger partial charge in [-0.2, -0.15) is 0 Å². The van der Waals surface area contributed by atoms with Crippen LogP contribution in [0.2, 0.25) is 10.0 Å². The average molecular weight is 385 g/mol. The first kappa shape index (κ1) is 19.1. The van der Waals surface area contributed by atoms with Gasteiger partial charge in [0.1, 0.15) is 6.00 Å². The van der Waals surface area contributed by atoms with E-state index >= 15 is 0 Å². The topological polar surface area (TPSA) is 20.3 Å². The zero-order valence-electron chi connectivity index (χ0n) is 14.2. The SMILES string of the molecule is Cc1cccc(C(C)(C)C)c1N(CCl)C(=O)c1ccc(Cl)cc1Cl. The third kappa shape index (κ3) is 3.88. The van der Waals surface area contributed by atoms with Gasteiger partial charge in [-0.1, -0.05) is 62.2 Å². The van der Waals surface area contributed by atoms with Crippen LogP contribution in [0.4, 0.5) is 5.69 Å². The van der Waals surface area contributed by atoms with Crippen molar-refractivity contribution >= 4 is 46.4 Å². The van der Waals surface area contributed by atoms with E-state index in [1.54, 1.807) is 23.1 Å². The monoisotopic (exact) mass is 383 g/mol. The molecule has 2 aromatic carbocycles. The number of para-hydroxylation sites is 1. The molecule has 1 amide bonds.